The van der Waals surface area contributed by atoms with Crippen LogP contribution in [-0.2, 0) is 10.2 Å². The van der Waals surface area contributed by atoms with E-state index in [2.05, 4.69) is 0 Å². The molecule has 0 saturated heterocycles. The Labute approximate surface area is 148 Å². The van der Waals surface area contributed by atoms with E-state index in [4.69, 9.17) is 16.3 Å². The van der Waals surface area contributed by atoms with Gasteiger partial charge in [-0.25, -0.2) is 0 Å². The van der Waals surface area contributed by atoms with Crippen LogP contribution in [0, 0.1) is 0 Å². The molecular formula is C20H22ClNO2. The fraction of sp³-hybridized carbons (Fsp3) is 0.350. The lowest BCUT2D eigenvalue weighted by molar-refractivity contribution is -0.139. The summed E-state index contributed by atoms with van der Waals surface area (Å²) < 4.78 is 5.70. The van der Waals surface area contributed by atoms with E-state index in [0.29, 0.717) is 18.2 Å². The molecule has 24 heavy (non-hydrogen) atoms. The van der Waals surface area contributed by atoms with Crippen LogP contribution in [0.3, 0.4) is 0 Å². The van der Waals surface area contributed by atoms with Crippen LogP contribution in [0.2, 0.25) is 5.02 Å². The van der Waals surface area contributed by atoms with Gasteiger partial charge in [0, 0.05) is 12.1 Å². The molecule has 1 amide bonds. The summed E-state index contributed by atoms with van der Waals surface area (Å²) >= 11 is 6.12. The maximum absolute atomic E-state index is 13.0. The Balaban J connectivity index is 1.63. The Kier molecular flexibility index (Phi) is 5.10. The SMILES string of the molecule is CN(CCOc1ccccc1)C(=O)C1(c2cccc(Cl)c2)CCC1. The van der Waals surface area contributed by atoms with E-state index in [9.17, 15) is 4.79 Å². The second-order valence-corrected chi connectivity index (χ2v) is 6.77. The van der Waals surface area contributed by atoms with Crippen molar-refractivity contribution in [1.29, 1.82) is 0 Å². The van der Waals surface area contributed by atoms with Gasteiger partial charge in [-0.15, -0.1) is 0 Å². The van der Waals surface area contributed by atoms with Gasteiger partial charge in [-0.2, -0.15) is 0 Å². The van der Waals surface area contributed by atoms with Crippen molar-refractivity contribution in [3.8, 4) is 5.75 Å². The minimum absolute atomic E-state index is 0.160. The third kappa shape index (κ3) is 3.41. The zero-order valence-electron chi connectivity index (χ0n) is 13.9. The van der Waals surface area contributed by atoms with Crippen molar-refractivity contribution < 1.29 is 9.53 Å². The predicted octanol–water partition coefficient (Wildman–Crippen LogP) is 4.30. The second kappa shape index (κ2) is 7.27. The number of nitrogens with zero attached hydrogens (tertiary/aromatic N) is 1. The topological polar surface area (TPSA) is 29.5 Å². The van der Waals surface area contributed by atoms with Gasteiger partial charge >= 0.3 is 0 Å². The maximum atomic E-state index is 13.0. The summed E-state index contributed by atoms with van der Waals surface area (Å²) in [5, 5.41) is 0.682. The van der Waals surface area contributed by atoms with Crippen molar-refractivity contribution in [2.24, 2.45) is 0 Å². The van der Waals surface area contributed by atoms with E-state index < -0.39 is 5.41 Å². The highest BCUT2D eigenvalue weighted by Crippen LogP contribution is 2.45. The summed E-state index contributed by atoms with van der Waals surface area (Å²) in [7, 11) is 1.85. The van der Waals surface area contributed by atoms with Gasteiger partial charge in [0.2, 0.25) is 5.91 Å². The molecule has 0 spiro atoms. The number of para-hydroxylation sites is 1. The highest BCUT2D eigenvalue weighted by atomic mass is 35.5. The van der Waals surface area contributed by atoms with E-state index in [1.54, 1.807) is 4.90 Å². The van der Waals surface area contributed by atoms with E-state index in [1.165, 1.54) is 0 Å². The molecule has 0 unspecified atom stereocenters. The van der Waals surface area contributed by atoms with Gasteiger partial charge < -0.3 is 9.64 Å². The molecule has 0 bridgehead atoms. The van der Waals surface area contributed by atoms with Gasteiger partial charge in [0.25, 0.3) is 0 Å². The molecule has 0 aromatic heterocycles. The molecule has 3 nitrogen and oxygen atoms in total. The lowest BCUT2D eigenvalue weighted by Crippen LogP contribution is -2.50. The van der Waals surface area contributed by atoms with Gasteiger partial charge in [0.05, 0.1) is 12.0 Å². The number of benzene rings is 2. The highest BCUT2D eigenvalue weighted by Gasteiger charge is 2.46. The maximum Gasteiger partial charge on any atom is 0.233 e. The Hall–Kier alpha value is -2.00. The quantitative estimate of drug-likeness (QED) is 0.782. The van der Waals surface area contributed by atoms with Gasteiger partial charge in [-0.3, -0.25) is 4.79 Å². The van der Waals surface area contributed by atoms with Gasteiger partial charge in [-0.05, 0) is 42.7 Å². The van der Waals surface area contributed by atoms with E-state index in [-0.39, 0.29) is 5.91 Å². The smallest absolute Gasteiger partial charge is 0.233 e. The minimum Gasteiger partial charge on any atom is -0.492 e. The minimum atomic E-state index is -0.410. The Morgan fingerprint density at radius 1 is 1.17 bits per heavy atom. The van der Waals surface area contributed by atoms with E-state index >= 15 is 0 Å². The summed E-state index contributed by atoms with van der Waals surface area (Å²) in [5.74, 6) is 0.985. The van der Waals surface area contributed by atoms with Crippen LogP contribution in [0.4, 0.5) is 0 Å². The number of hydrogen-bond donors (Lipinski definition) is 0. The monoisotopic (exact) mass is 343 g/mol. The zero-order chi connectivity index (χ0) is 17.0. The number of amides is 1. The molecule has 4 heteroatoms. The lowest BCUT2D eigenvalue weighted by Gasteiger charge is -2.43. The standard InChI is InChI=1S/C20H22ClNO2/c1-22(13-14-24-18-9-3-2-4-10-18)19(23)20(11-6-12-20)16-7-5-8-17(21)15-16/h2-5,7-10,15H,6,11-14H2,1H3. The number of ether oxygens (including phenoxy) is 1. The van der Waals surface area contributed by atoms with Crippen molar-refractivity contribution >= 4 is 17.5 Å². The average Bonchev–Trinajstić information content (AvgIpc) is 2.55. The molecule has 1 fully saturated rings. The number of carbonyl (C=O) groups is 1. The molecule has 0 radical (unpaired) electrons. The number of rotatable bonds is 6. The first-order valence-corrected chi connectivity index (χ1v) is 8.69. The first-order valence-electron chi connectivity index (χ1n) is 8.31. The molecule has 0 atom stereocenters. The molecule has 0 N–H and O–H groups in total. The predicted molar refractivity (Wildman–Crippen MR) is 96.6 cm³/mol. The van der Waals surface area contributed by atoms with Crippen molar-refractivity contribution in [2.45, 2.75) is 24.7 Å². The molecule has 1 aliphatic rings. The van der Waals surface area contributed by atoms with Crippen LogP contribution >= 0.6 is 11.6 Å². The second-order valence-electron chi connectivity index (χ2n) is 6.33. The molecule has 3 rings (SSSR count). The molecule has 2 aromatic rings. The zero-order valence-corrected chi connectivity index (χ0v) is 14.6. The normalized spacial score (nSPS) is 15.4. The van der Waals surface area contributed by atoms with Crippen molar-refractivity contribution in [3.05, 3.63) is 65.2 Å². The largest absolute Gasteiger partial charge is 0.492 e. The molecule has 2 aromatic carbocycles. The van der Waals surface area contributed by atoms with Gasteiger partial charge in [-0.1, -0.05) is 48.4 Å². The number of likely N-dealkylation sites (N-methyl/N-ethyl adjacent to an activating group) is 1. The van der Waals surface area contributed by atoms with Gasteiger partial charge in [0.1, 0.15) is 12.4 Å². The number of hydrogen-bond acceptors (Lipinski definition) is 2. The molecular weight excluding hydrogens is 322 g/mol. The Morgan fingerprint density at radius 2 is 1.92 bits per heavy atom. The first-order chi connectivity index (χ1) is 11.6. The summed E-state index contributed by atoms with van der Waals surface area (Å²) in [5.41, 5.74) is 0.619. The molecule has 126 valence electrons. The fourth-order valence-electron chi connectivity index (χ4n) is 3.23. The lowest BCUT2D eigenvalue weighted by atomic mass is 9.63. The molecule has 1 saturated carbocycles. The van der Waals surface area contributed by atoms with Crippen LogP contribution in [0.15, 0.2) is 54.6 Å². The van der Waals surface area contributed by atoms with Gasteiger partial charge in [0.15, 0.2) is 0 Å². The summed E-state index contributed by atoms with van der Waals surface area (Å²) in [4.78, 5) is 14.8. The Morgan fingerprint density at radius 3 is 2.54 bits per heavy atom. The summed E-state index contributed by atoms with van der Waals surface area (Å²) in [6, 6.07) is 17.4. The molecule has 0 heterocycles. The fourth-order valence-corrected chi connectivity index (χ4v) is 3.42. The van der Waals surface area contributed by atoms with Crippen LogP contribution in [-0.4, -0.2) is 31.0 Å². The van der Waals surface area contributed by atoms with E-state index in [0.717, 1.165) is 30.6 Å². The average molecular weight is 344 g/mol. The third-order valence-electron chi connectivity index (χ3n) is 4.78. The highest BCUT2D eigenvalue weighted by molar-refractivity contribution is 6.30. The van der Waals surface area contributed by atoms with Crippen molar-refractivity contribution in [2.75, 3.05) is 20.2 Å². The molecule has 1 aliphatic carbocycles. The van der Waals surface area contributed by atoms with E-state index in [1.807, 2.05) is 61.6 Å². The van der Waals surface area contributed by atoms with Crippen LogP contribution < -0.4 is 4.74 Å². The third-order valence-corrected chi connectivity index (χ3v) is 5.01. The van der Waals surface area contributed by atoms with Crippen molar-refractivity contribution in [1.82, 2.24) is 4.90 Å². The Bertz CT molecular complexity index is 698. The van der Waals surface area contributed by atoms with Crippen molar-refractivity contribution in [3.63, 3.8) is 0 Å². The summed E-state index contributed by atoms with van der Waals surface area (Å²) in [6.07, 6.45) is 2.85. The number of halogens is 1. The first kappa shape index (κ1) is 16.8. The summed E-state index contributed by atoms with van der Waals surface area (Å²) in [6.45, 7) is 1.05. The van der Waals surface area contributed by atoms with Crippen LogP contribution in [0.1, 0.15) is 24.8 Å². The van der Waals surface area contributed by atoms with Crippen LogP contribution in [0.5, 0.6) is 5.75 Å². The molecule has 0 aliphatic heterocycles. The van der Waals surface area contributed by atoms with Crippen LogP contribution in [0.25, 0.3) is 0 Å². The number of carbonyl (C=O) groups excluding carboxylic acids is 1.